The van der Waals surface area contributed by atoms with Crippen LogP contribution in [0.5, 0.6) is 5.75 Å². The van der Waals surface area contributed by atoms with E-state index in [1.165, 1.54) is 12.1 Å². The van der Waals surface area contributed by atoms with Crippen LogP contribution in [0.3, 0.4) is 0 Å². The second-order valence-corrected chi connectivity index (χ2v) is 3.72. The van der Waals surface area contributed by atoms with Gasteiger partial charge in [-0.1, -0.05) is 0 Å². The number of aromatic nitrogens is 2. The Morgan fingerprint density at radius 2 is 2.29 bits per heavy atom. The average molecular weight is 235 g/mol. The van der Waals surface area contributed by atoms with E-state index in [1.807, 2.05) is 13.2 Å². The average Bonchev–Trinajstić information content (AvgIpc) is 2.73. The van der Waals surface area contributed by atoms with Crippen molar-refractivity contribution in [1.29, 1.82) is 0 Å². The van der Waals surface area contributed by atoms with Crippen molar-refractivity contribution in [2.75, 3.05) is 12.4 Å². The second kappa shape index (κ2) is 4.86. The van der Waals surface area contributed by atoms with Gasteiger partial charge in [0.1, 0.15) is 11.6 Å². The molecule has 1 aromatic carbocycles. The lowest BCUT2D eigenvalue weighted by Gasteiger charge is -2.10. The molecule has 1 heterocycles. The van der Waals surface area contributed by atoms with Crippen molar-refractivity contribution in [3.63, 3.8) is 0 Å². The normalized spacial score (nSPS) is 10.3. The molecule has 0 unspecified atom stereocenters. The molecular formula is C12H14FN3O. The van der Waals surface area contributed by atoms with Crippen LogP contribution in [0, 0.1) is 5.82 Å². The minimum Gasteiger partial charge on any atom is -0.495 e. The van der Waals surface area contributed by atoms with Crippen LogP contribution in [0.15, 0.2) is 30.6 Å². The number of hydrogen-bond donors (Lipinski definition) is 1. The maximum absolute atomic E-state index is 13.1. The number of benzene rings is 1. The third-order valence-electron chi connectivity index (χ3n) is 2.40. The Morgan fingerprint density at radius 3 is 2.94 bits per heavy atom. The number of nitrogens with one attached hydrogen (secondary N) is 1. The molecule has 0 aliphatic rings. The van der Waals surface area contributed by atoms with Crippen molar-refractivity contribution in [3.8, 4) is 5.75 Å². The lowest BCUT2D eigenvalue weighted by molar-refractivity contribution is 0.415. The van der Waals surface area contributed by atoms with E-state index in [2.05, 4.69) is 10.4 Å². The fraction of sp³-hybridized carbons (Fsp3) is 0.250. The SMILES string of the molecule is COc1ccc(F)cc1NCc1cnn(C)c1. The molecule has 0 amide bonds. The first-order chi connectivity index (χ1) is 8.19. The van der Waals surface area contributed by atoms with Crippen LogP contribution >= 0.6 is 0 Å². The van der Waals surface area contributed by atoms with Crippen molar-refractivity contribution in [3.05, 3.63) is 42.0 Å². The Morgan fingerprint density at radius 1 is 1.47 bits per heavy atom. The molecule has 0 aliphatic carbocycles. The molecule has 0 radical (unpaired) electrons. The molecule has 5 heteroatoms. The third kappa shape index (κ3) is 2.75. The van der Waals surface area contributed by atoms with Crippen LogP contribution in [0.25, 0.3) is 0 Å². The summed E-state index contributed by atoms with van der Waals surface area (Å²) in [6.07, 6.45) is 3.66. The second-order valence-electron chi connectivity index (χ2n) is 3.72. The van der Waals surface area contributed by atoms with E-state index < -0.39 is 0 Å². The summed E-state index contributed by atoms with van der Waals surface area (Å²) in [4.78, 5) is 0. The smallest absolute Gasteiger partial charge is 0.142 e. The lowest BCUT2D eigenvalue weighted by atomic mass is 10.2. The summed E-state index contributed by atoms with van der Waals surface area (Å²) < 4.78 is 20.0. The van der Waals surface area contributed by atoms with E-state index in [9.17, 15) is 4.39 Å². The molecule has 0 saturated heterocycles. The first-order valence-corrected chi connectivity index (χ1v) is 5.24. The van der Waals surface area contributed by atoms with Gasteiger partial charge in [-0.25, -0.2) is 4.39 Å². The molecule has 1 aromatic heterocycles. The molecule has 4 nitrogen and oxygen atoms in total. The topological polar surface area (TPSA) is 39.1 Å². The summed E-state index contributed by atoms with van der Waals surface area (Å²) in [7, 11) is 3.41. The first-order valence-electron chi connectivity index (χ1n) is 5.24. The van der Waals surface area contributed by atoms with Crippen molar-refractivity contribution >= 4 is 5.69 Å². The van der Waals surface area contributed by atoms with Gasteiger partial charge in [0, 0.05) is 31.4 Å². The number of halogens is 1. The highest BCUT2D eigenvalue weighted by Crippen LogP contribution is 2.25. The van der Waals surface area contributed by atoms with Gasteiger partial charge in [-0.15, -0.1) is 0 Å². The number of hydrogen-bond acceptors (Lipinski definition) is 3. The predicted molar refractivity (Wildman–Crippen MR) is 63.5 cm³/mol. The van der Waals surface area contributed by atoms with Crippen molar-refractivity contribution in [2.24, 2.45) is 7.05 Å². The van der Waals surface area contributed by atoms with E-state index >= 15 is 0 Å². The van der Waals surface area contributed by atoms with E-state index in [0.29, 0.717) is 18.0 Å². The minimum absolute atomic E-state index is 0.292. The Kier molecular flexibility index (Phi) is 3.27. The van der Waals surface area contributed by atoms with Gasteiger partial charge in [-0.05, 0) is 12.1 Å². The van der Waals surface area contributed by atoms with E-state index in [0.717, 1.165) is 5.56 Å². The number of ether oxygens (including phenoxy) is 1. The molecular weight excluding hydrogens is 221 g/mol. The molecule has 0 saturated carbocycles. The zero-order chi connectivity index (χ0) is 12.3. The number of anilines is 1. The summed E-state index contributed by atoms with van der Waals surface area (Å²) >= 11 is 0. The van der Waals surface area contributed by atoms with Crippen molar-refractivity contribution < 1.29 is 9.13 Å². The predicted octanol–water partition coefficient (Wildman–Crippen LogP) is 2.18. The summed E-state index contributed by atoms with van der Waals surface area (Å²) in [6, 6.07) is 4.38. The maximum Gasteiger partial charge on any atom is 0.142 e. The summed E-state index contributed by atoms with van der Waals surface area (Å²) in [5.74, 6) is 0.328. The highest BCUT2D eigenvalue weighted by Gasteiger charge is 2.04. The van der Waals surface area contributed by atoms with Gasteiger partial charge in [0.15, 0.2) is 0 Å². The number of aryl methyl sites for hydroxylation is 1. The Balaban J connectivity index is 2.10. The molecule has 2 aromatic rings. The molecule has 2 rings (SSSR count). The van der Waals surface area contributed by atoms with Gasteiger partial charge in [-0.3, -0.25) is 4.68 Å². The Labute approximate surface area is 99.0 Å². The Hall–Kier alpha value is -2.04. The van der Waals surface area contributed by atoms with Crippen LogP contribution < -0.4 is 10.1 Å². The molecule has 0 aliphatic heterocycles. The summed E-state index contributed by atoms with van der Waals surface area (Å²) in [5.41, 5.74) is 1.66. The quantitative estimate of drug-likeness (QED) is 0.882. The number of methoxy groups -OCH3 is 1. The van der Waals surface area contributed by atoms with Gasteiger partial charge >= 0.3 is 0 Å². The van der Waals surface area contributed by atoms with Gasteiger partial charge in [0.2, 0.25) is 0 Å². The molecule has 1 N–H and O–H groups in total. The third-order valence-corrected chi connectivity index (χ3v) is 2.40. The molecule has 90 valence electrons. The zero-order valence-electron chi connectivity index (χ0n) is 9.77. The van der Waals surface area contributed by atoms with E-state index in [1.54, 1.807) is 24.1 Å². The largest absolute Gasteiger partial charge is 0.495 e. The van der Waals surface area contributed by atoms with Crippen LogP contribution in [0.4, 0.5) is 10.1 Å². The van der Waals surface area contributed by atoms with Crippen LogP contribution in [0.2, 0.25) is 0 Å². The summed E-state index contributed by atoms with van der Waals surface area (Å²) in [5, 5.41) is 7.18. The minimum atomic E-state index is -0.292. The number of rotatable bonds is 4. The van der Waals surface area contributed by atoms with Crippen LogP contribution in [0.1, 0.15) is 5.56 Å². The van der Waals surface area contributed by atoms with Crippen molar-refractivity contribution in [1.82, 2.24) is 9.78 Å². The first kappa shape index (κ1) is 11.4. The van der Waals surface area contributed by atoms with Gasteiger partial charge in [-0.2, -0.15) is 5.10 Å². The molecule has 0 bridgehead atoms. The lowest BCUT2D eigenvalue weighted by Crippen LogP contribution is -2.01. The van der Waals surface area contributed by atoms with Gasteiger partial charge < -0.3 is 10.1 Å². The molecule has 17 heavy (non-hydrogen) atoms. The highest BCUT2D eigenvalue weighted by molar-refractivity contribution is 5.56. The zero-order valence-corrected chi connectivity index (χ0v) is 9.77. The van der Waals surface area contributed by atoms with Gasteiger partial charge in [0.05, 0.1) is 19.0 Å². The summed E-state index contributed by atoms with van der Waals surface area (Å²) in [6.45, 7) is 0.577. The molecule has 0 atom stereocenters. The van der Waals surface area contributed by atoms with Crippen LogP contribution in [-0.4, -0.2) is 16.9 Å². The maximum atomic E-state index is 13.1. The molecule has 0 spiro atoms. The van der Waals surface area contributed by atoms with Crippen LogP contribution in [-0.2, 0) is 13.6 Å². The highest BCUT2D eigenvalue weighted by atomic mass is 19.1. The fourth-order valence-corrected chi connectivity index (χ4v) is 1.58. The van der Waals surface area contributed by atoms with E-state index in [-0.39, 0.29) is 5.82 Å². The standard InChI is InChI=1S/C12H14FN3O/c1-16-8-9(7-15-16)6-14-11-5-10(13)3-4-12(11)17-2/h3-5,7-8,14H,6H2,1-2H3. The molecule has 0 fully saturated rings. The Bertz CT molecular complexity index is 510. The fourth-order valence-electron chi connectivity index (χ4n) is 1.58. The number of nitrogens with zero attached hydrogens (tertiary/aromatic N) is 2. The monoisotopic (exact) mass is 235 g/mol. The van der Waals surface area contributed by atoms with Gasteiger partial charge in [0.25, 0.3) is 0 Å². The van der Waals surface area contributed by atoms with Crippen molar-refractivity contribution in [2.45, 2.75) is 6.54 Å². The van der Waals surface area contributed by atoms with E-state index in [4.69, 9.17) is 4.74 Å².